The van der Waals surface area contributed by atoms with Crippen LogP contribution in [0.1, 0.15) is 39.5 Å². The maximum atomic E-state index is 12.4. The number of hydrogen-bond donors (Lipinski definition) is 1. The molecule has 0 unspecified atom stereocenters. The Kier molecular flexibility index (Phi) is 4.95. The van der Waals surface area contributed by atoms with Crippen molar-refractivity contribution in [2.24, 2.45) is 0 Å². The molecule has 1 aliphatic heterocycles. The molecule has 1 N–H and O–H groups in total. The van der Waals surface area contributed by atoms with Gasteiger partial charge in [-0.1, -0.05) is 12.8 Å². The summed E-state index contributed by atoms with van der Waals surface area (Å²) < 4.78 is 27.6. The summed E-state index contributed by atoms with van der Waals surface area (Å²) in [5, 5.41) is 9.26. The molecule has 0 aromatic carbocycles. The minimum atomic E-state index is -3.45. The SMILES string of the molecule is CN(C(C)(C)CO)S(=O)(=O)N1CCCCCC1. The van der Waals surface area contributed by atoms with Crippen LogP contribution in [-0.2, 0) is 10.2 Å². The molecule has 0 atom stereocenters. The zero-order chi connectivity index (χ0) is 13.1. The third-order valence-corrected chi connectivity index (χ3v) is 5.68. The Hall–Kier alpha value is -0.170. The third-order valence-electron chi connectivity index (χ3n) is 3.48. The van der Waals surface area contributed by atoms with Gasteiger partial charge in [-0.15, -0.1) is 0 Å². The quantitative estimate of drug-likeness (QED) is 0.817. The van der Waals surface area contributed by atoms with Gasteiger partial charge in [0.05, 0.1) is 12.1 Å². The van der Waals surface area contributed by atoms with E-state index in [2.05, 4.69) is 0 Å². The molecule has 102 valence electrons. The average Bonchev–Trinajstić information content (AvgIpc) is 2.56. The van der Waals surface area contributed by atoms with Crippen LogP contribution in [-0.4, -0.2) is 54.4 Å². The summed E-state index contributed by atoms with van der Waals surface area (Å²) >= 11 is 0. The van der Waals surface area contributed by atoms with E-state index in [-0.39, 0.29) is 6.61 Å². The van der Waals surface area contributed by atoms with Gasteiger partial charge in [0, 0.05) is 20.1 Å². The van der Waals surface area contributed by atoms with E-state index in [1.54, 1.807) is 13.8 Å². The predicted molar refractivity (Wildman–Crippen MR) is 67.9 cm³/mol. The van der Waals surface area contributed by atoms with Crippen molar-refractivity contribution >= 4 is 10.2 Å². The number of likely N-dealkylation sites (N-methyl/N-ethyl adjacent to an activating group) is 1. The zero-order valence-corrected chi connectivity index (χ0v) is 11.8. The van der Waals surface area contributed by atoms with Gasteiger partial charge >= 0.3 is 0 Å². The van der Waals surface area contributed by atoms with E-state index in [1.807, 2.05) is 0 Å². The second-order valence-electron chi connectivity index (χ2n) is 5.26. The van der Waals surface area contributed by atoms with Crippen molar-refractivity contribution < 1.29 is 13.5 Å². The van der Waals surface area contributed by atoms with Crippen LogP contribution in [0.2, 0.25) is 0 Å². The molecule has 1 aliphatic rings. The number of hydrogen-bond acceptors (Lipinski definition) is 3. The van der Waals surface area contributed by atoms with Crippen molar-refractivity contribution in [1.82, 2.24) is 8.61 Å². The zero-order valence-electron chi connectivity index (χ0n) is 11.0. The lowest BCUT2D eigenvalue weighted by atomic mass is 10.1. The van der Waals surface area contributed by atoms with E-state index in [0.29, 0.717) is 13.1 Å². The number of aliphatic hydroxyl groups is 1. The van der Waals surface area contributed by atoms with Crippen molar-refractivity contribution in [1.29, 1.82) is 0 Å². The van der Waals surface area contributed by atoms with Crippen LogP contribution in [0.3, 0.4) is 0 Å². The monoisotopic (exact) mass is 264 g/mol. The Labute approximate surface area is 105 Å². The van der Waals surface area contributed by atoms with Gasteiger partial charge in [-0.3, -0.25) is 0 Å². The first-order valence-corrected chi connectivity index (χ1v) is 7.57. The fourth-order valence-electron chi connectivity index (χ4n) is 1.86. The average molecular weight is 264 g/mol. The van der Waals surface area contributed by atoms with Crippen LogP contribution >= 0.6 is 0 Å². The maximum Gasteiger partial charge on any atom is 0.282 e. The Morgan fingerprint density at radius 2 is 1.65 bits per heavy atom. The first kappa shape index (κ1) is 14.9. The lowest BCUT2D eigenvalue weighted by Gasteiger charge is -2.36. The Balaban J connectivity index is 2.85. The van der Waals surface area contributed by atoms with E-state index in [0.717, 1.165) is 25.7 Å². The highest BCUT2D eigenvalue weighted by Crippen LogP contribution is 2.21. The first-order chi connectivity index (χ1) is 7.82. The van der Waals surface area contributed by atoms with Crippen molar-refractivity contribution in [2.75, 3.05) is 26.7 Å². The number of rotatable bonds is 4. The lowest BCUT2D eigenvalue weighted by Crippen LogP contribution is -2.53. The van der Waals surface area contributed by atoms with Crippen molar-refractivity contribution in [3.63, 3.8) is 0 Å². The second-order valence-corrected chi connectivity index (χ2v) is 7.22. The third kappa shape index (κ3) is 3.40. The van der Waals surface area contributed by atoms with E-state index in [1.165, 1.54) is 15.7 Å². The van der Waals surface area contributed by atoms with Crippen LogP contribution in [0.4, 0.5) is 0 Å². The molecule has 0 aromatic rings. The summed E-state index contributed by atoms with van der Waals surface area (Å²) in [6.07, 6.45) is 4.04. The van der Waals surface area contributed by atoms with Gasteiger partial charge in [-0.05, 0) is 26.7 Å². The van der Waals surface area contributed by atoms with Gasteiger partial charge in [0.2, 0.25) is 0 Å². The van der Waals surface area contributed by atoms with Gasteiger partial charge in [-0.2, -0.15) is 17.0 Å². The fraction of sp³-hybridized carbons (Fsp3) is 1.00. The highest BCUT2D eigenvalue weighted by Gasteiger charge is 2.36. The largest absolute Gasteiger partial charge is 0.394 e. The van der Waals surface area contributed by atoms with Crippen molar-refractivity contribution in [2.45, 2.75) is 45.1 Å². The number of aliphatic hydroxyl groups excluding tert-OH is 1. The van der Waals surface area contributed by atoms with Crippen LogP contribution in [0.15, 0.2) is 0 Å². The second kappa shape index (κ2) is 5.65. The summed E-state index contributed by atoms with van der Waals surface area (Å²) in [4.78, 5) is 0. The molecule has 17 heavy (non-hydrogen) atoms. The molecule has 0 aliphatic carbocycles. The predicted octanol–water partition coefficient (Wildman–Crippen LogP) is 0.810. The topological polar surface area (TPSA) is 60.9 Å². The molecule has 0 amide bonds. The fourth-order valence-corrected chi connectivity index (χ4v) is 3.61. The molecule has 0 bridgehead atoms. The molecule has 5 nitrogen and oxygen atoms in total. The van der Waals surface area contributed by atoms with Gasteiger partial charge in [0.25, 0.3) is 10.2 Å². The van der Waals surface area contributed by atoms with E-state index in [4.69, 9.17) is 0 Å². The van der Waals surface area contributed by atoms with E-state index < -0.39 is 15.7 Å². The summed E-state index contributed by atoms with van der Waals surface area (Å²) in [7, 11) is -1.91. The van der Waals surface area contributed by atoms with E-state index >= 15 is 0 Å². The normalized spacial score (nSPS) is 20.5. The van der Waals surface area contributed by atoms with Crippen LogP contribution in [0.5, 0.6) is 0 Å². The standard InChI is InChI=1S/C11H24N2O3S/c1-11(2,10-14)12(3)17(15,16)13-8-6-4-5-7-9-13/h14H,4-10H2,1-3H3. The summed E-state index contributed by atoms with van der Waals surface area (Å²) in [5.74, 6) is 0. The highest BCUT2D eigenvalue weighted by molar-refractivity contribution is 7.86. The first-order valence-electron chi connectivity index (χ1n) is 6.17. The minimum absolute atomic E-state index is 0.184. The summed E-state index contributed by atoms with van der Waals surface area (Å²) in [6.45, 7) is 4.45. The summed E-state index contributed by atoms with van der Waals surface area (Å²) in [6, 6.07) is 0. The Morgan fingerprint density at radius 1 is 1.18 bits per heavy atom. The molecule has 0 saturated carbocycles. The number of nitrogens with zero attached hydrogens (tertiary/aromatic N) is 2. The lowest BCUT2D eigenvalue weighted by molar-refractivity contribution is 0.132. The van der Waals surface area contributed by atoms with Gasteiger partial charge < -0.3 is 5.11 Å². The molecule has 1 fully saturated rings. The van der Waals surface area contributed by atoms with Crippen LogP contribution in [0, 0.1) is 0 Å². The molecule has 1 saturated heterocycles. The Morgan fingerprint density at radius 3 is 2.06 bits per heavy atom. The van der Waals surface area contributed by atoms with Gasteiger partial charge in [0.1, 0.15) is 0 Å². The van der Waals surface area contributed by atoms with Gasteiger partial charge in [-0.25, -0.2) is 0 Å². The molecule has 1 heterocycles. The molecule has 1 rings (SSSR count). The highest BCUT2D eigenvalue weighted by atomic mass is 32.2. The van der Waals surface area contributed by atoms with Crippen molar-refractivity contribution in [3.05, 3.63) is 0 Å². The molecular formula is C11H24N2O3S. The van der Waals surface area contributed by atoms with E-state index in [9.17, 15) is 13.5 Å². The van der Waals surface area contributed by atoms with Crippen LogP contribution < -0.4 is 0 Å². The molecular weight excluding hydrogens is 240 g/mol. The Bertz CT molecular complexity index is 333. The van der Waals surface area contributed by atoms with Crippen LogP contribution in [0.25, 0.3) is 0 Å². The van der Waals surface area contributed by atoms with Gasteiger partial charge in [0.15, 0.2) is 0 Å². The smallest absolute Gasteiger partial charge is 0.282 e. The molecule has 0 aromatic heterocycles. The molecule has 0 radical (unpaired) electrons. The maximum absolute atomic E-state index is 12.4. The molecule has 6 heteroatoms. The summed E-state index contributed by atoms with van der Waals surface area (Å²) in [5.41, 5.74) is -0.759. The molecule has 0 spiro atoms. The van der Waals surface area contributed by atoms with Crippen molar-refractivity contribution in [3.8, 4) is 0 Å². The minimum Gasteiger partial charge on any atom is -0.394 e.